The van der Waals surface area contributed by atoms with Gasteiger partial charge < -0.3 is 5.32 Å². The summed E-state index contributed by atoms with van der Waals surface area (Å²) in [6.07, 6.45) is 3.19. The summed E-state index contributed by atoms with van der Waals surface area (Å²) in [5.74, 6) is 0.181. The first-order valence-corrected chi connectivity index (χ1v) is 4.37. The summed E-state index contributed by atoms with van der Waals surface area (Å²) >= 11 is 0. The lowest BCUT2D eigenvalue weighted by Gasteiger charge is -2.19. The van der Waals surface area contributed by atoms with E-state index >= 15 is 0 Å². The Hall–Kier alpha value is -0.550. The molecule has 2 unspecified atom stereocenters. The minimum absolute atomic E-state index is 0.181. The molecule has 0 fully saturated rings. The summed E-state index contributed by atoms with van der Waals surface area (Å²) in [6, 6.07) is 2.71. The lowest BCUT2D eigenvalue weighted by molar-refractivity contribution is 0.406. The highest BCUT2D eigenvalue weighted by Gasteiger charge is 2.15. The van der Waals surface area contributed by atoms with Crippen LogP contribution in [0.25, 0.3) is 0 Å². The number of hydrogen-bond acceptors (Lipinski definition) is 2. The number of nitrogens with one attached hydrogen (secondary N) is 1. The van der Waals surface area contributed by atoms with E-state index in [0.717, 1.165) is 19.3 Å². The van der Waals surface area contributed by atoms with E-state index in [9.17, 15) is 0 Å². The molecule has 0 aromatic carbocycles. The normalized spacial score (nSPS) is 15.5. The van der Waals surface area contributed by atoms with E-state index in [1.807, 2.05) is 7.05 Å². The maximum atomic E-state index is 8.76. The first kappa shape index (κ1) is 10.4. The highest BCUT2D eigenvalue weighted by Crippen LogP contribution is 2.11. The minimum Gasteiger partial charge on any atom is -0.316 e. The SMILES string of the molecule is CCCC(NC)C(C#N)CC. The molecule has 0 spiro atoms. The van der Waals surface area contributed by atoms with E-state index in [1.54, 1.807) is 0 Å². The molecule has 1 N–H and O–H groups in total. The molecule has 0 rings (SSSR count). The van der Waals surface area contributed by atoms with Gasteiger partial charge in [-0.3, -0.25) is 0 Å². The Morgan fingerprint density at radius 3 is 2.36 bits per heavy atom. The van der Waals surface area contributed by atoms with Gasteiger partial charge in [0.15, 0.2) is 0 Å². The maximum absolute atomic E-state index is 8.76. The molecule has 2 nitrogen and oxygen atoms in total. The smallest absolute Gasteiger partial charge is 0.0672 e. The lowest BCUT2D eigenvalue weighted by atomic mass is 9.95. The van der Waals surface area contributed by atoms with Gasteiger partial charge >= 0.3 is 0 Å². The fourth-order valence-corrected chi connectivity index (χ4v) is 1.32. The molecule has 0 saturated carbocycles. The van der Waals surface area contributed by atoms with E-state index in [0.29, 0.717) is 6.04 Å². The van der Waals surface area contributed by atoms with Gasteiger partial charge in [0.25, 0.3) is 0 Å². The third-order valence-corrected chi connectivity index (χ3v) is 2.06. The number of nitriles is 1. The van der Waals surface area contributed by atoms with Crippen molar-refractivity contribution in [3.63, 3.8) is 0 Å². The Kier molecular flexibility index (Phi) is 5.87. The summed E-state index contributed by atoms with van der Waals surface area (Å²) in [4.78, 5) is 0. The molecule has 0 radical (unpaired) electrons. The summed E-state index contributed by atoms with van der Waals surface area (Å²) in [6.45, 7) is 4.21. The van der Waals surface area contributed by atoms with Crippen molar-refractivity contribution in [2.24, 2.45) is 5.92 Å². The van der Waals surface area contributed by atoms with Crippen LogP contribution in [0.15, 0.2) is 0 Å². The number of hydrogen-bond donors (Lipinski definition) is 1. The van der Waals surface area contributed by atoms with Gasteiger partial charge in [0.2, 0.25) is 0 Å². The molecule has 2 atom stereocenters. The zero-order chi connectivity index (χ0) is 8.69. The van der Waals surface area contributed by atoms with Crippen LogP contribution >= 0.6 is 0 Å². The molecule has 0 aliphatic rings. The Morgan fingerprint density at radius 1 is 1.45 bits per heavy atom. The van der Waals surface area contributed by atoms with E-state index in [2.05, 4.69) is 25.2 Å². The largest absolute Gasteiger partial charge is 0.316 e. The van der Waals surface area contributed by atoms with Crippen molar-refractivity contribution in [1.29, 1.82) is 5.26 Å². The van der Waals surface area contributed by atoms with Crippen molar-refractivity contribution in [1.82, 2.24) is 5.32 Å². The predicted molar refractivity (Wildman–Crippen MR) is 47.1 cm³/mol. The maximum Gasteiger partial charge on any atom is 0.0672 e. The Morgan fingerprint density at radius 2 is 2.09 bits per heavy atom. The highest BCUT2D eigenvalue weighted by atomic mass is 14.9. The van der Waals surface area contributed by atoms with Gasteiger partial charge in [0.1, 0.15) is 0 Å². The summed E-state index contributed by atoms with van der Waals surface area (Å²) in [7, 11) is 1.93. The van der Waals surface area contributed by atoms with E-state index in [4.69, 9.17) is 5.26 Å². The van der Waals surface area contributed by atoms with Crippen LogP contribution in [0.2, 0.25) is 0 Å². The molecular weight excluding hydrogens is 136 g/mol. The molecule has 2 heteroatoms. The first-order valence-electron chi connectivity index (χ1n) is 4.37. The van der Waals surface area contributed by atoms with Crippen LogP contribution in [0.5, 0.6) is 0 Å². The second kappa shape index (κ2) is 6.18. The summed E-state index contributed by atoms with van der Waals surface area (Å²) < 4.78 is 0. The quantitative estimate of drug-likeness (QED) is 0.656. The van der Waals surface area contributed by atoms with E-state index in [-0.39, 0.29) is 5.92 Å². The van der Waals surface area contributed by atoms with Gasteiger partial charge in [0.05, 0.1) is 12.0 Å². The van der Waals surface area contributed by atoms with Crippen LogP contribution in [-0.2, 0) is 0 Å². The number of rotatable bonds is 5. The molecule has 0 bridgehead atoms. The second-order valence-corrected chi connectivity index (χ2v) is 2.83. The van der Waals surface area contributed by atoms with Crippen LogP contribution in [-0.4, -0.2) is 13.1 Å². The van der Waals surface area contributed by atoms with Crippen molar-refractivity contribution < 1.29 is 0 Å². The molecular formula is C9H18N2. The standard InChI is InChI=1S/C9H18N2/c1-4-6-9(11-3)8(5-2)7-10/h8-9,11H,4-6H2,1-3H3. The topological polar surface area (TPSA) is 35.8 Å². The molecule has 0 aromatic heterocycles. The average Bonchev–Trinajstić information content (AvgIpc) is 2.05. The Balaban J connectivity index is 3.89. The molecule has 0 heterocycles. The first-order chi connectivity index (χ1) is 5.29. The van der Waals surface area contributed by atoms with Crippen molar-refractivity contribution in [3.8, 4) is 6.07 Å². The fourth-order valence-electron chi connectivity index (χ4n) is 1.32. The van der Waals surface area contributed by atoms with E-state index < -0.39 is 0 Å². The van der Waals surface area contributed by atoms with Gasteiger partial charge in [-0.25, -0.2) is 0 Å². The van der Waals surface area contributed by atoms with Gasteiger partial charge in [-0.2, -0.15) is 5.26 Å². The fraction of sp³-hybridized carbons (Fsp3) is 0.889. The zero-order valence-electron chi connectivity index (χ0n) is 7.72. The number of nitrogens with zero attached hydrogens (tertiary/aromatic N) is 1. The molecule has 0 amide bonds. The van der Waals surface area contributed by atoms with Gasteiger partial charge in [-0.15, -0.1) is 0 Å². The van der Waals surface area contributed by atoms with Crippen LogP contribution in [0.1, 0.15) is 33.1 Å². The van der Waals surface area contributed by atoms with Crippen LogP contribution < -0.4 is 5.32 Å². The molecule has 0 saturated heterocycles. The Labute approximate surface area is 69.6 Å². The zero-order valence-corrected chi connectivity index (χ0v) is 7.72. The third kappa shape index (κ3) is 3.38. The summed E-state index contributed by atoms with van der Waals surface area (Å²) in [5.41, 5.74) is 0. The van der Waals surface area contributed by atoms with E-state index in [1.165, 1.54) is 0 Å². The second-order valence-electron chi connectivity index (χ2n) is 2.83. The van der Waals surface area contributed by atoms with Gasteiger partial charge in [0, 0.05) is 6.04 Å². The minimum atomic E-state index is 0.181. The summed E-state index contributed by atoms with van der Waals surface area (Å²) in [5, 5.41) is 11.9. The average molecular weight is 154 g/mol. The molecule has 0 aliphatic heterocycles. The van der Waals surface area contributed by atoms with Crippen molar-refractivity contribution in [2.45, 2.75) is 39.2 Å². The Bertz CT molecular complexity index is 126. The monoisotopic (exact) mass is 154 g/mol. The van der Waals surface area contributed by atoms with Crippen LogP contribution in [0, 0.1) is 17.2 Å². The predicted octanol–water partition coefficient (Wildman–Crippen LogP) is 1.92. The molecule has 64 valence electrons. The van der Waals surface area contributed by atoms with Crippen LogP contribution in [0.4, 0.5) is 0 Å². The van der Waals surface area contributed by atoms with Crippen molar-refractivity contribution >= 4 is 0 Å². The third-order valence-electron chi connectivity index (χ3n) is 2.06. The highest BCUT2D eigenvalue weighted by molar-refractivity contribution is 4.90. The van der Waals surface area contributed by atoms with Crippen LogP contribution in [0.3, 0.4) is 0 Å². The van der Waals surface area contributed by atoms with Crippen molar-refractivity contribution in [3.05, 3.63) is 0 Å². The van der Waals surface area contributed by atoms with Crippen molar-refractivity contribution in [2.75, 3.05) is 7.05 Å². The lowest BCUT2D eigenvalue weighted by Crippen LogP contribution is -2.32. The van der Waals surface area contributed by atoms with Gasteiger partial charge in [-0.05, 0) is 19.9 Å². The molecule has 0 aromatic rings. The molecule has 11 heavy (non-hydrogen) atoms. The van der Waals surface area contributed by atoms with Gasteiger partial charge in [-0.1, -0.05) is 20.3 Å². The molecule has 0 aliphatic carbocycles.